The molecule has 0 saturated heterocycles. The van der Waals surface area contributed by atoms with Crippen molar-refractivity contribution in [3.05, 3.63) is 119 Å². The molecule has 0 fully saturated rings. The van der Waals surface area contributed by atoms with E-state index in [1.165, 1.54) is 60.8 Å². The molecule has 7 aliphatic heterocycles. The molecule has 7 aliphatic rings. The van der Waals surface area contributed by atoms with Gasteiger partial charge in [-0.15, -0.1) is 0 Å². The third-order valence-electron chi connectivity index (χ3n) is 7.26. The molecule has 0 aliphatic carbocycles. The van der Waals surface area contributed by atoms with E-state index in [1.54, 1.807) is 47.0 Å². The van der Waals surface area contributed by atoms with E-state index in [0.717, 1.165) is 45.3 Å². The summed E-state index contributed by atoms with van der Waals surface area (Å²) in [6.07, 6.45) is 7.13. The summed E-state index contributed by atoms with van der Waals surface area (Å²) in [5.41, 5.74) is 9.02. The zero-order chi connectivity index (χ0) is 31.5. The summed E-state index contributed by atoms with van der Waals surface area (Å²) in [4.78, 5) is 0. The van der Waals surface area contributed by atoms with Gasteiger partial charge in [-0.1, -0.05) is 132 Å². The zero-order valence-corrected chi connectivity index (χ0v) is 29.2. The molecular formula is C42H36S4. The first-order valence-corrected chi connectivity index (χ1v) is 19.7. The van der Waals surface area contributed by atoms with Crippen LogP contribution in [-0.2, 0) is 0 Å². The standard InChI is InChI=1S/C42H36S4/c1-3-27-43-31-23-35-7-15-39(16-8-35)41-19-11-37(12-20-41)25-33-45-29-5-2-6-30-46-34-26-38-13-21-42(22-14-38)40-17-9-36(10-18-40)24-32-44-28-4-1/h7-22H,1-6,27-30H2. The predicted octanol–water partition coefficient (Wildman–Crippen LogP) is 11.2. The van der Waals surface area contributed by atoms with Crippen molar-refractivity contribution in [1.82, 2.24) is 0 Å². The summed E-state index contributed by atoms with van der Waals surface area (Å²) in [5.74, 6) is 17.4. The normalized spacial score (nSPS) is 14.6. The Hall–Kier alpha value is -3.48. The molecule has 0 saturated carbocycles. The minimum absolute atomic E-state index is 1.06. The van der Waals surface area contributed by atoms with Crippen LogP contribution in [0.3, 0.4) is 0 Å². The van der Waals surface area contributed by atoms with Gasteiger partial charge in [-0.3, -0.25) is 0 Å². The highest BCUT2D eigenvalue weighted by atomic mass is 32.2. The monoisotopic (exact) mass is 668 g/mol. The summed E-state index contributed by atoms with van der Waals surface area (Å²) < 4.78 is 0. The number of hydrogen-bond donors (Lipinski definition) is 0. The Labute approximate surface area is 293 Å². The van der Waals surface area contributed by atoms with Crippen LogP contribution in [0, 0.1) is 44.7 Å². The molecule has 4 aromatic rings. The Balaban J connectivity index is 1.15. The summed E-state index contributed by atoms with van der Waals surface area (Å²) in [6.45, 7) is 0. The molecule has 11 rings (SSSR count). The molecule has 0 spiro atoms. The molecule has 0 aromatic heterocycles. The van der Waals surface area contributed by atoms with Gasteiger partial charge in [-0.05, 0) is 117 Å². The molecule has 46 heavy (non-hydrogen) atoms. The lowest BCUT2D eigenvalue weighted by Gasteiger charge is -2.02. The van der Waals surface area contributed by atoms with E-state index in [9.17, 15) is 0 Å². The molecule has 0 N–H and O–H groups in total. The zero-order valence-electron chi connectivity index (χ0n) is 25.9. The lowest BCUT2D eigenvalue weighted by Crippen LogP contribution is -1.83. The second kappa shape index (κ2) is 19.9. The Morgan fingerprint density at radius 2 is 0.500 bits per heavy atom. The predicted molar refractivity (Wildman–Crippen MR) is 209 cm³/mol. The van der Waals surface area contributed by atoms with Crippen molar-refractivity contribution in [2.45, 2.75) is 38.5 Å². The van der Waals surface area contributed by atoms with Crippen LogP contribution >= 0.6 is 47.0 Å². The van der Waals surface area contributed by atoms with Gasteiger partial charge in [-0.25, -0.2) is 0 Å². The Bertz CT molecular complexity index is 1500. The van der Waals surface area contributed by atoms with Crippen LogP contribution in [-0.4, -0.2) is 23.0 Å². The molecule has 0 nitrogen and oxygen atoms in total. The van der Waals surface area contributed by atoms with Crippen LogP contribution in [0.25, 0.3) is 22.3 Å². The minimum atomic E-state index is 1.06. The van der Waals surface area contributed by atoms with Crippen molar-refractivity contribution in [1.29, 1.82) is 0 Å². The van der Waals surface area contributed by atoms with Crippen LogP contribution < -0.4 is 0 Å². The van der Waals surface area contributed by atoms with Crippen LogP contribution in [0.2, 0.25) is 0 Å². The average molecular weight is 669 g/mol. The molecule has 0 amide bonds. The highest BCUT2D eigenvalue weighted by Crippen LogP contribution is 2.22. The van der Waals surface area contributed by atoms with Gasteiger partial charge < -0.3 is 0 Å². The first kappa shape index (κ1) is 33.9. The number of thioether (sulfide) groups is 4. The van der Waals surface area contributed by atoms with Crippen molar-refractivity contribution in [3.63, 3.8) is 0 Å². The quantitative estimate of drug-likeness (QED) is 0.171. The summed E-state index contributed by atoms with van der Waals surface area (Å²) in [5, 5.41) is 13.1. The fraction of sp³-hybridized carbons (Fsp3) is 0.238. The van der Waals surface area contributed by atoms with E-state index in [4.69, 9.17) is 0 Å². The molecule has 7 heterocycles. The number of rotatable bonds is 0. The molecule has 0 unspecified atom stereocenters. The van der Waals surface area contributed by atoms with E-state index in [2.05, 4.69) is 142 Å². The Morgan fingerprint density at radius 1 is 0.283 bits per heavy atom. The molecule has 0 atom stereocenters. The van der Waals surface area contributed by atoms with Crippen LogP contribution in [0.15, 0.2) is 97.1 Å². The highest BCUT2D eigenvalue weighted by Gasteiger charge is 2.00. The molecule has 8 bridgehead atoms. The largest absolute Gasteiger partial charge is 0.0747 e. The fourth-order valence-corrected chi connectivity index (χ4v) is 7.18. The van der Waals surface area contributed by atoms with Crippen LogP contribution in [0.5, 0.6) is 0 Å². The van der Waals surface area contributed by atoms with Crippen LogP contribution in [0.4, 0.5) is 0 Å². The SMILES string of the molecule is C1#Cc2ccc(cc2)-c2ccc(cc2)C#CSCCCCCSC#Cc2ccc(cc2)-c2ccc(cc2)C#CSCCCCCS1. The smallest absolute Gasteiger partial charge is 0.0254 e. The molecule has 0 radical (unpaired) electrons. The maximum Gasteiger partial charge on any atom is 0.0254 e. The van der Waals surface area contributed by atoms with E-state index in [1.807, 2.05) is 0 Å². The van der Waals surface area contributed by atoms with E-state index >= 15 is 0 Å². The first-order chi connectivity index (χ1) is 22.8. The Kier molecular flexibility index (Phi) is 14.7. The van der Waals surface area contributed by atoms with E-state index < -0.39 is 0 Å². The lowest BCUT2D eigenvalue weighted by molar-refractivity contribution is 0.787. The van der Waals surface area contributed by atoms with Gasteiger partial charge in [0.05, 0.1) is 0 Å². The molecule has 4 heteroatoms. The fourth-order valence-electron chi connectivity index (χ4n) is 4.62. The lowest BCUT2D eigenvalue weighted by atomic mass is 10.0. The third-order valence-corrected chi connectivity index (χ3v) is 10.2. The Morgan fingerprint density at radius 3 is 0.717 bits per heavy atom. The summed E-state index contributed by atoms with van der Waals surface area (Å²) in [6, 6.07) is 34.1. The second-order valence-electron chi connectivity index (χ2n) is 10.7. The van der Waals surface area contributed by atoms with Crippen molar-refractivity contribution >= 4 is 47.0 Å². The van der Waals surface area contributed by atoms with Crippen molar-refractivity contribution in [2.24, 2.45) is 0 Å². The third kappa shape index (κ3) is 12.0. The highest BCUT2D eigenvalue weighted by molar-refractivity contribution is 8.04. The van der Waals surface area contributed by atoms with Gasteiger partial charge in [0.1, 0.15) is 0 Å². The summed E-state index contributed by atoms with van der Waals surface area (Å²) >= 11 is 6.86. The molecule has 228 valence electrons. The average Bonchev–Trinajstić information content (AvgIpc) is 3.10. The second-order valence-corrected chi connectivity index (χ2v) is 14.3. The number of benzene rings is 4. The van der Waals surface area contributed by atoms with Gasteiger partial charge in [0.2, 0.25) is 0 Å². The van der Waals surface area contributed by atoms with Crippen molar-refractivity contribution < 1.29 is 0 Å². The molecule has 4 aromatic carbocycles. The summed E-state index contributed by atoms with van der Waals surface area (Å²) in [7, 11) is 0. The van der Waals surface area contributed by atoms with Crippen molar-refractivity contribution in [2.75, 3.05) is 23.0 Å². The van der Waals surface area contributed by atoms with Gasteiger partial charge in [0, 0.05) is 45.3 Å². The van der Waals surface area contributed by atoms with Gasteiger partial charge in [0.25, 0.3) is 0 Å². The minimum Gasteiger partial charge on any atom is -0.0747 e. The maximum atomic E-state index is 3.30. The van der Waals surface area contributed by atoms with Gasteiger partial charge in [0.15, 0.2) is 0 Å². The van der Waals surface area contributed by atoms with Crippen molar-refractivity contribution in [3.8, 4) is 66.9 Å². The van der Waals surface area contributed by atoms with Gasteiger partial charge >= 0.3 is 0 Å². The maximum absolute atomic E-state index is 3.30. The van der Waals surface area contributed by atoms with E-state index in [-0.39, 0.29) is 0 Å². The molecular weight excluding hydrogens is 633 g/mol. The topological polar surface area (TPSA) is 0 Å². The van der Waals surface area contributed by atoms with Gasteiger partial charge in [-0.2, -0.15) is 0 Å². The first-order valence-electron chi connectivity index (χ1n) is 15.8. The van der Waals surface area contributed by atoms with Crippen LogP contribution in [0.1, 0.15) is 60.8 Å². The number of hydrogen-bond acceptors (Lipinski definition) is 4. The van der Waals surface area contributed by atoms with E-state index in [0.29, 0.717) is 0 Å².